The van der Waals surface area contributed by atoms with Crippen molar-refractivity contribution in [2.45, 2.75) is 71.5 Å². The third-order valence-electron chi connectivity index (χ3n) is 4.78. The van der Waals surface area contributed by atoms with Gasteiger partial charge in [-0.05, 0) is 25.3 Å². The van der Waals surface area contributed by atoms with Crippen molar-refractivity contribution in [2.24, 2.45) is 11.7 Å². The van der Waals surface area contributed by atoms with E-state index in [1.807, 2.05) is 0 Å². The predicted octanol–water partition coefficient (Wildman–Crippen LogP) is 2.42. The summed E-state index contributed by atoms with van der Waals surface area (Å²) in [5, 5.41) is 4.39. The summed E-state index contributed by atoms with van der Waals surface area (Å²) in [6, 6.07) is 0. The summed E-state index contributed by atoms with van der Waals surface area (Å²) in [5.41, 5.74) is 6.35. The van der Waals surface area contributed by atoms with Crippen LogP contribution in [-0.2, 0) is 13.1 Å². The molecule has 21 heavy (non-hydrogen) atoms. The van der Waals surface area contributed by atoms with E-state index in [0.29, 0.717) is 5.92 Å². The van der Waals surface area contributed by atoms with Crippen molar-refractivity contribution in [2.75, 3.05) is 13.1 Å². The van der Waals surface area contributed by atoms with Crippen LogP contribution >= 0.6 is 0 Å². The molecule has 2 rings (SSSR count). The minimum atomic E-state index is 0.168. The second-order valence-electron chi connectivity index (χ2n) is 6.76. The lowest BCUT2D eigenvalue weighted by Crippen LogP contribution is -2.54. The van der Waals surface area contributed by atoms with E-state index < -0.39 is 0 Å². The molecular weight excluding hydrogens is 262 g/mol. The predicted molar refractivity (Wildman–Crippen MR) is 85.8 cm³/mol. The largest absolute Gasteiger partial charge is 0.329 e. The molecule has 2 N–H and O–H groups in total. The van der Waals surface area contributed by atoms with Gasteiger partial charge in [0.2, 0.25) is 0 Å². The highest BCUT2D eigenvalue weighted by Crippen LogP contribution is 2.33. The number of likely N-dealkylation sites (N-methyl/N-ethyl adjacent to an activating group) is 1. The van der Waals surface area contributed by atoms with Crippen LogP contribution in [-0.4, -0.2) is 38.3 Å². The number of aromatic nitrogens is 3. The first-order valence-corrected chi connectivity index (χ1v) is 8.43. The Labute approximate surface area is 128 Å². The Morgan fingerprint density at radius 1 is 1.33 bits per heavy atom. The Morgan fingerprint density at radius 2 is 2.05 bits per heavy atom. The Hall–Kier alpha value is -0.940. The first-order valence-electron chi connectivity index (χ1n) is 8.43. The van der Waals surface area contributed by atoms with E-state index in [1.165, 1.54) is 32.1 Å². The van der Waals surface area contributed by atoms with E-state index in [-0.39, 0.29) is 5.54 Å². The van der Waals surface area contributed by atoms with E-state index in [4.69, 9.17) is 5.73 Å². The minimum absolute atomic E-state index is 0.168. The molecule has 0 radical (unpaired) electrons. The summed E-state index contributed by atoms with van der Waals surface area (Å²) >= 11 is 0. The van der Waals surface area contributed by atoms with Crippen LogP contribution in [0.4, 0.5) is 0 Å². The SMILES string of the molecule is CCN(Cc1ncnn1CC(C)C)C1(CN)CCCCC1. The monoisotopic (exact) mass is 293 g/mol. The van der Waals surface area contributed by atoms with Gasteiger partial charge in [0.25, 0.3) is 0 Å². The van der Waals surface area contributed by atoms with Crippen LogP contribution in [0.5, 0.6) is 0 Å². The molecule has 1 saturated carbocycles. The number of rotatable bonds is 7. The summed E-state index contributed by atoms with van der Waals surface area (Å²) in [5.74, 6) is 1.66. The fraction of sp³-hybridized carbons (Fsp3) is 0.875. The molecule has 0 spiro atoms. The van der Waals surface area contributed by atoms with Crippen LogP contribution in [0, 0.1) is 5.92 Å². The molecular formula is C16H31N5. The average molecular weight is 293 g/mol. The smallest absolute Gasteiger partial charge is 0.141 e. The zero-order chi connectivity index (χ0) is 15.3. The number of hydrogen-bond donors (Lipinski definition) is 1. The highest BCUT2D eigenvalue weighted by molar-refractivity contribution is 4.97. The molecule has 1 heterocycles. The van der Waals surface area contributed by atoms with Gasteiger partial charge in [-0.1, -0.05) is 40.0 Å². The van der Waals surface area contributed by atoms with E-state index in [1.54, 1.807) is 6.33 Å². The topological polar surface area (TPSA) is 60.0 Å². The molecule has 0 aliphatic heterocycles. The lowest BCUT2D eigenvalue weighted by Gasteiger charge is -2.45. The Balaban J connectivity index is 2.13. The maximum Gasteiger partial charge on any atom is 0.141 e. The molecule has 0 aromatic carbocycles. The molecule has 120 valence electrons. The van der Waals surface area contributed by atoms with Crippen LogP contribution in [0.2, 0.25) is 0 Å². The third-order valence-corrected chi connectivity index (χ3v) is 4.78. The lowest BCUT2D eigenvalue weighted by atomic mass is 9.80. The van der Waals surface area contributed by atoms with Crippen molar-refractivity contribution in [1.82, 2.24) is 19.7 Å². The van der Waals surface area contributed by atoms with Crippen molar-refractivity contribution < 1.29 is 0 Å². The standard InChI is InChI=1S/C16H31N5/c1-4-20(16(12-17)8-6-5-7-9-16)11-15-18-13-19-21(15)10-14(2)3/h13-14H,4-12,17H2,1-3H3. The third kappa shape index (κ3) is 3.83. The maximum absolute atomic E-state index is 6.18. The summed E-state index contributed by atoms with van der Waals surface area (Å²) in [4.78, 5) is 7.02. The molecule has 0 bridgehead atoms. The number of hydrogen-bond acceptors (Lipinski definition) is 4. The molecule has 0 amide bonds. The van der Waals surface area contributed by atoms with Crippen molar-refractivity contribution >= 4 is 0 Å². The van der Waals surface area contributed by atoms with Crippen LogP contribution in [0.25, 0.3) is 0 Å². The van der Waals surface area contributed by atoms with Crippen molar-refractivity contribution in [1.29, 1.82) is 0 Å². The van der Waals surface area contributed by atoms with Crippen molar-refractivity contribution in [3.05, 3.63) is 12.2 Å². The molecule has 0 atom stereocenters. The van der Waals surface area contributed by atoms with Crippen LogP contribution in [0.15, 0.2) is 6.33 Å². The normalized spacial score (nSPS) is 18.6. The molecule has 1 fully saturated rings. The van der Waals surface area contributed by atoms with Crippen LogP contribution in [0.1, 0.15) is 58.7 Å². The van der Waals surface area contributed by atoms with Crippen molar-refractivity contribution in [3.63, 3.8) is 0 Å². The molecule has 0 unspecified atom stereocenters. The molecule has 0 saturated heterocycles. The molecule has 5 heteroatoms. The highest BCUT2D eigenvalue weighted by atomic mass is 15.4. The molecule has 1 aliphatic carbocycles. The van der Waals surface area contributed by atoms with E-state index in [0.717, 1.165) is 32.0 Å². The van der Waals surface area contributed by atoms with E-state index in [9.17, 15) is 0 Å². The number of nitrogens with two attached hydrogens (primary N) is 1. The summed E-state index contributed by atoms with van der Waals surface area (Å²) in [6.45, 7) is 10.2. The van der Waals surface area contributed by atoms with Gasteiger partial charge in [0.05, 0.1) is 6.54 Å². The second-order valence-corrected chi connectivity index (χ2v) is 6.76. The van der Waals surface area contributed by atoms with Gasteiger partial charge >= 0.3 is 0 Å². The number of nitrogens with zero attached hydrogens (tertiary/aromatic N) is 4. The van der Waals surface area contributed by atoms with E-state index in [2.05, 4.69) is 40.4 Å². The Kier molecular flexibility index (Phi) is 5.76. The summed E-state index contributed by atoms with van der Waals surface area (Å²) in [6.07, 6.45) is 8.06. The van der Waals surface area contributed by atoms with Gasteiger partial charge in [0, 0.05) is 18.6 Å². The van der Waals surface area contributed by atoms with Gasteiger partial charge < -0.3 is 5.73 Å². The van der Waals surface area contributed by atoms with Crippen LogP contribution in [0.3, 0.4) is 0 Å². The molecule has 1 aromatic rings. The van der Waals surface area contributed by atoms with Crippen LogP contribution < -0.4 is 5.73 Å². The van der Waals surface area contributed by atoms with Gasteiger partial charge in [0.15, 0.2) is 0 Å². The highest BCUT2D eigenvalue weighted by Gasteiger charge is 2.36. The van der Waals surface area contributed by atoms with Gasteiger partial charge in [-0.2, -0.15) is 5.10 Å². The minimum Gasteiger partial charge on any atom is -0.329 e. The zero-order valence-corrected chi connectivity index (χ0v) is 13.9. The van der Waals surface area contributed by atoms with Gasteiger partial charge in [0.1, 0.15) is 12.2 Å². The summed E-state index contributed by atoms with van der Waals surface area (Å²) < 4.78 is 2.06. The fourth-order valence-corrected chi connectivity index (χ4v) is 3.55. The Bertz CT molecular complexity index is 420. The first-order chi connectivity index (χ1) is 10.1. The first kappa shape index (κ1) is 16.4. The second kappa shape index (κ2) is 7.36. The quantitative estimate of drug-likeness (QED) is 0.838. The zero-order valence-electron chi connectivity index (χ0n) is 13.9. The van der Waals surface area contributed by atoms with Gasteiger partial charge in [-0.25, -0.2) is 9.67 Å². The Morgan fingerprint density at radius 3 is 2.62 bits per heavy atom. The molecule has 1 aromatic heterocycles. The molecule has 1 aliphatic rings. The molecule has 5 nitrogen and oxygen atoms in total. The van der Waals surface area contributed by atoms with Crippen molar-refractivity contribution in [3.8, 4) is 0 Å². The van der Waals surface area contributed by atoms with Gasteiger partial charge in [-0.3, -0.25) is 4.90 Å². The fourth-order valence-electron chi connectivity index (χ4n) is 3.55. The lowest BCUT2D eigenvalue weighted by molar-refractivity contribution is 0.0509. The maximum atomic E-state index is 6.18. The average Bonchev–Trinajstić information content (AvgIpc) is 2.91. The summed E-state index contributed by atoms with van der Waals surface area (Å²) in [7, 11) is 0. The van der Waals surface area contributed by atoms with Gasteiger partial charge in [-0.15, -0.1) is 0 Å². The van der Waals surface area contributed by atoms with E-state index >= 15 is 0 Å².